The van der Waals surface area contributed by atoms with Gasteiger partial charge < -0.3 is 10.6 Å². The maximum atomic E-state index is 12.8. The largest absolute Gasteiger partial charge is 0.392 e. The van der Waals surface area contributed by atoms with Gasteiger partial charge in [-0.2, -0.15) is 0 Å². The van der Waals surface area contributed by atoms with Gasteiger partial charge in [0.1, 0.15) is 0 Å². The third-order valence-corrected chi connectivity index (χ3v) is 5.44. The van der Waals surface area contributed by atoms with Gasteiger partial charge in [-0.25, -0.2) is 0 Å². The number of carbonyl (C=O) groups is 1. The normalized spacial score (nSPS) is 30.7. The van der Waals surface area contributed by atoms with Crippen LogP contribution in [0.3, 0.4) is 0 Å². The zero-order chi connectivity index (χ0) is 13.3. The van der Waals surface area contributed by atoms with Gasteiger partial charge in [0.25, 0.3) is 0 Å². The summed E-state index contributed by atoms with van der Waals surface area (Å²) in [6.45, 7) is 4.78. The van der Waals surface area contributed by atoms with E-state index in [0.29, 0.717) is 17.5 Å². The van der Waals surface area contributed by atoms with E-state index < -0.39 is 5.41 Å². The molecule has 18 heavy (non-hydrogen) atoms. The highest BCUT2D eigenvalue weighted by atomic mass is 32.1. The Bertz CT molecular complexity index is 358. The molecule has 2 aliphatic rings. The van der Waals surface area contributed by atoms with Crippen LogP contribution in [-0.4, -0.2) is 28.4 Å². The fraction of sp³-hybridized carbons (Fsp3) is 0.857. The second-order valence-corrected chi connectivity index (χ2v) is 6.39. The van der Waals surface area contributed by atoms with Gasteiger partial charge in [0.05, 0.1) is 10.4 Å². The van der Waals surface area contributed by atoms with Crippen molar-refractivity contribution < 1.29 is 4.79 Å². The smallest absolute Gasteiger partial charge is 0.235 e. The highest BCUT2D eigenvalue weighted by Gasteiger charge is 2.45. The quantitative estimate of drug-likeness (QED) is 0.800. The van der Waals surface area contributed by atoms with Crippen molar-refractivity contribution >= 4 is 23.1 Å². The number of carbonyl (C=O) groups excluding carboxylic acids is 1. The SMILES string of the molecule is CCC(C)(C(=O)N1CCC2CCCCC21)C(N)=S. The Morgan fingerprint density at radius 2 is 2.06 bits per heavy atom. The molecule has 0 aromatic heterocycles. The summed E-state index contributed by atoms with van der Waals surface area (Å²) < 4.78 is 0. The Labute approximate surface area is 115 Å². The van der Waals surface area contributed by atoms with Crippen LogP contribution in [0.4, 0.5) is 0 Å². The molecule has 3 nitrogen and oxygen atoms in total. The molecule has 1 heterocycles. The number of nitrogens with zero attached hydrogens (tertiary/aromatic N) is 1. The molecule has 0 spiro atoms. The van der Waals surface area contributed by atoms with E-state index in [1.54, 1.807) is 0 Å². The Morgan fingerprint density at radius 3 is 2.67 bits per heavy atom. The van der Waals surface area contributed by atoms with Crippen molar-refractivity contribution in [2.24, 2.45) is 17.1 Å². The minimum absolute atomic E-state index is 0.159. The highest BCUT2D eigenvalue weighted by Crippen LogP contribution is 2.39. The molecule has 4 heteroatoms. The first-order valence-corrected chi connectivity index (χ1v) is 7.52. The van der Waals surface area contributed by atoms with E-state index in [1.165, 1.54) is 19.3 Å². The van der Waals surface area contributed by atoms with E-state index in [4.69, 9.17) is 18.0 Å². The monoisotopic (exact) mass is 268 g/mol. The van der Waals surface area contributed by atoms with E-state index in [1.807, 2.05) is 13.8 Å². The van der Waals surface area contributed by atoms with Gasteiger partial charge in [-0.3, -0.25) is 4.79 Å². The first kappa shape index (κ1) is 13.8. The van der Waals surface area contributed by atoms with Crippen molar-refractivity contribution in [1.82, 2.24) is 4.90 Å². The van der Waals surface area contributed by atoms with Crippen LogP contribution in [0.2, 0.25) is 0 Å². The fourth-order valence-corrected chi connectivity index (χ4v) is 3.64. The minimum Gasteiger partial charge on any atom is -0.392 e. The molecule has 102 valence electrons. The summed E-state index contributed by atoms with van der Waals surface area (Å²) in [7, 11) is 0. The zero-order valence-electron chi connectivity index (χ0n) is 11.4. The lowest BCUT2D eigenvalue weighted by Crippen LogP contribution is -2.51. The fourth-order valence-electron chi connectivity index (χ4n) is 3.41. The molecule has 1 aliphatic heterocycles. The standard InChI is InChI=1S/C14H24N2OS/c1-3-14(2,12(15)18)13(17)16-9-8-10-6-4-5-7-11(10)16/h10-11H,3-9H2,1-2H3,(H2,15,18). The Balaban J connectivity index is 2.16. The van der Waals surface area contributed by atoms with Crippen LogP contribution in [0.25, 0.3) is 0 Å². The lowest BCUT2D eigenvalue weighted by Gasteiger charge is -2.37. The lowest BCUT2D eigenvalue weighted by atomic mass is 9.82. The Kier molecular flexibility index (Phi) is 3.95. The second-order valence-electron chi connectivity index (χ2n) is 5.95. The summed E-state index contributed by atoms with van der Waals surface area (Å²) >= 11 is 5.12. The molecule has 2 fully saturated rings. The highest BCUT2D eigenvalue weighted by molar-refractivity contribution is 7.80. The Hall–Kier alpha value is -0.640. The predicted molar refractivity (Wildman–Crippen MR) is 77.3 cm³/mol. The van der Waals surface area contributed by atoms with E-state index in [2.05, 4.69) is 4.90 Å². The third kappa shape index (κ3) is 2.15. The molecule has 2 rings (SSSR count). The van der Waals surface area contributed by atoms with E-state index in [9.17, 15) is 4.79 Å². The topological polar surface area (TPSA) is 46.3 Å². The van der Waals surface area contributed by atoms with Crippen LogP contribution in [0.1, 0.15) is 52.4 Å². The van der Waals surface area contributed by atoms with Crippen LogP contribution in [0.15, 0.2) is 0 Å². The van der Waals surface area contributed by atoms with Crippen LogP contribution >= 0.6 is 12.2 Å². The molecule has 1 saturated carbocycles. The number of hydrogen-bond donors (Lipinski definition) is 1. The summed E-state index contributed by atoms with van der Waals surface area (Å²) in [6, 6.07) is 0.450. The molecule has 1 saturated heterocycles. The molecule has 3 atom stereocenters. The van der Waals surface area contributed by atoms with Crippen molar-refractivity contribution in [2.45, 2.75) is 58.4 Å². The predicted octanol–water partition coefficient (Wildman–Crippen LogP) is 2.48. The first-order chi connectivity index (χ1) is 8.50. The van der Waals surface area contributed by atoms with Crippen LogP contribution in [-0.2, 0) is 4.79 Å². The molecular weight excluding hydrogens is 244 g/mol. The number of rotatable bonds is 3. The van der Waals surface area contributed by atoms with Crippen LogP contribution < -0.4 is 5.73 Å². The van der Waals surface area contributed by atoms with Gasteiger partial charge in [0, 0.05) is 12.6 Å². The van der Waals surface area contributed by atoms with Gasteiger partial charge in [-0.15, -0.1) is 0 Å². The van der Waals surface area contributed by atoms with Crippen molar-refractivity contribution in [3.05, 3.63) is 0 Å². The van der Waals surface area contributed by atoms with Gasteiger partial charge >= 0.3 is 0 Å². The van der Waals surface area contributed by atoms with Gasteiger partial charge in [-0.05, 0) is 38.5 Å². The third-order valence-electron chi connectivity index (χ3n) is 4.99. The molecule has 1 amide bonds. The van der Waals surface area contributed by atoms with Crippen molar-refractivity contribution in [2.75, 3.05) is 6.54 Å². The summed E-state index contributed by atoms with van der Waals surface area (Å²) in [6.07, 6.45) is 6.87. The van der Waals surface area contributed by atoms with Gasteiger partial charge in [0.2, 0.25) is 5.91 Å². The number of thiocarbonyl (C=S) groups is 1. The van der Waals surface area contributed by atoms with Gasteiger partial charge in [-0.1, -0.05) is 32.0 Å². The molecule has 0 bridgehead atoms. The number of hydrogen-bond acceptors (Lipinski definition) is 2. The number of nitrogens with two attached hydrogens (primary N) is 1. The summed E-state index contributed by atoms with van der Waals surface area (Å²) in [5.74, 6) is 0.877. The van der Waals surface area contributed by atoms with Crippen molar-refractivity contribution in [1.29, 1.82) is 0 Å². The first-order valence-electron chi connectivity index (χ1n) is 7.11. The number of fused-ring (bicyclic) bond motifs is 1. The van der Waals surface area contributed by atoms with Crippen molar-refractivity contribution in [3.63, 3.8) is 0 Å². The van der Waals surface area contributed by atoms with E-state index in [0.717, 1.165) is 25.3 Å². The number of likely N-dealkylation sites (tertiary alicyclic amines) is 1. The minimum atomic E-state index is -0.651. The van der Waals surface area contributed by atoms with Crippen LogP contribution in [0, 0.1) is 11.3 Å². The van der Waals surface area contributed by atoms with Crippen molar-refractivity contribution in [3.8, 4) is 0 Å². The summed E-state index contributed by atoms with van der Waals surface area (Å²) in [5, 5.41) is 0. The zero-order valence-corrected chi connectivity index (χ0v) is 12.3. The van der Waals surface area contributed by atoms with Gasteiger partial charge in [0.15, 0.2) is 0 Å². The lowest BCUT2D eigenvalue weighted by molar-refractivity contribution is -0.139. The molecule has 2 N–H and O–H groups in total. The van der Waals surface area contributed by atoms with E-state index >= 15 is 0 Å². The molecule has 0 aromatic carbocycles. The average molecular weight is 268 g/mol. The molecule has 1 aliphatic carbocycles. The maximum Gasteiger partial charge on any atom is 0.235 e. The van der Waals surface area contributed by atoms with Crippen LogP contribution in [0.5, 0.6) is 0 Å². The molecule has 0 aromatic rings. The average Bonchev–Trinajstić information content (AvgIpc) is 2.80. The summed E-state index contributed by atoms with van der Waals surface area (Å²) in [5.41, 5.74) is 5.15. The Morgan fingerprint density at radius 1 is 1.39 bits per heavy atom. The molecular formula is C14H24N2OS. The van der Waals surface area contributed by atoms with E-state index in [-0.39, 0.29) is 5.91 Å². The second kappa shape index (κ2) is 5.16. The maximum absolute atomic E-state index is 12.8. The molecule has 3 unspecified atom stereocenters. The summed E-state index contributed by atoms with van der Waals surface area (Å²) in [4.78, 5) is 15.2. The molecule has 0 radical (unpaired) electrons. The number of amides is 1.